The van der Waals surface area contributed by atoms with E-state index in [4.69, 9.17) is 0 Å². The molecule has 6 nitrogen and oxygen atoms in total. The highest BCUT2D eigenvalue weighted by Gasteiger charge is 2.17. The van der Waals surface area contributed by atoms with E-state index in [1.807, 2.05) is 6.07 Å². The number of nitrogens with one attached hydrogen (secondary N) is 1. The van der Waals surface area contributed by atoms with E-state index in [2.05, 4.69) is 26.9 Å². The van der Waals surface area contributed by atoms with Crippen LogP contribution in [0.4, 0.5) is 11.4 Å². The average molecular weight is 353 g/mol. The summed E-state index contributed by atoms with van der Waals surface area (Å²) in [6, 6.07) is 10.3. The maximum atomic E-state index is 12.4. The number of piperidine rings is 1. The van der Waals surface area contributed by atoms with Crippen LogP contribution >= 0.6 is 0 Å². The Kier molecular flexibility index (Phi) is 5.51. The van der Waals surface area contributed by atoms with Crippen molar-refractivity contribution < 1.29 is 14.3 Å². The first-order valence-electron chi connectivity index (χ1n) is 8.77. The second-order valence-electron chi connectivity index (χ2n) is 6.60. The van der Waals surface area contributed by atoms with Crippen LogP contribution in [0.5, 0.6) is 0 Å². The molecule has 0 atom stereocenters. The predicted molar refractivity (Wildman–Crippen MR) is 101 cm³/mol. The number of rotatable bonds is 4. The van der Waals surface area contributed by atoms with Crippen molar-refractivity contribution in [2.45, 2.75) is 19.8 Å². The van der Waals surface area contributed by atoms with Gasteiger partial charge in [0.1, 0.15) is 5.69 Å². The number of nitrogens with zero attached hydrogens (tertiary/aromatic N) is 2. The zero-order valence-corrected chi connectivity index (χ0v) is 15.1. The van der Waals surface area contributed by atoms with Gasteiger partial charge in [-0.25, -0.2) is 9.78 Å². The largest absolute Gasteiger partial charge is 0.465 e. The molecule has 1 saturated heterocycles. The summed E-state index contributed by atoms with van der Waals surface area (Å²) >= 11 is 0. The van der Waals surface area contributed by atoms with E-state index in [0.717, 1.165) is 24.7 Å². The van der Waals surface area contributed by atoms with Gasteiger partial charge in [0.25, 0.3) is 5.91 Å². The maximum Gasteiger partial charge on any atom is 0.337 e. The summed E-state index contributed by atoms with van der Waals surface area (Å²) in [7, 11) is 1.32. The molecule has 26 heavy (non-hydrogen) atoms. The fraction of sp³-hybridized carbons (Fsp3) is 0.350. The summed E-state index contributed by atoms with van der Waals surface area (Å²) in [6.45, 7) is 4.32. The van der Waals surface area contributed by atoms with E-state index in [0.29, 0.717) is 16.9 Å². The molecule has 2 heterocycles. The number of hydrogen-bond donors (Lipinski definition) is 1. The third kappa shape index (κ3) is 4.20. The van der Waals surface area contributed by atoms with Crippen molar-refractivity contribution in [2.24, 2.45) is 5.92 Å². The molecule has 6 heteroatoms. The topological polar surface area (TPSA) is 71.5 Å². The minimum atomic E-state index is -0.445. The molecule has 1 aromatic heterocycles. The third-order valence-corrected chi connectivity index (χ3v) is 4.67. The Morgan fingerprint density at radius 3 is 2.62 bits per heavy atom. The van der Waals surface area contributed by atoms with Gasteiger partial charge in [0.2, 0.25) is 0 Å². The minimum Gasteiger partial charge on any atom is -0.465 e. The van der Waals surface area contributed by atoms with Gasteiger partial charge in [0.15, 0.2) is 0 Å². The average Bonchev–Trinajstić information content (AvgIpc) is 2.68. The summed E-state index contributed by atoms with van der Waals surface area (Å²) in [6.07, 6.45) is 4.10. The van der Waals surface area contributed by atoms with Crippen LogP contribution in [0.1, 0.15) is 40.6 Å². The maximum absolute atomic E-state index is 12.4. The number of carbonyl (C=O) groups is 2. The Labute approximate surface area is 153 Å². The normalized spacial score (nSPS) is 14.8. The van der Waals surface area contributed by atoms with Crippen molar-refractivity contribution >= 4 is 23.3 Å². The van der Waals surface area contributed by atoms with E-state index in [9.17, 15) is 9.59 Å². The van der Waals surface area contributed by atoms with Crippen molar-refractivity contribution in [3.63, 3.8) is 0 Å². The van der Waals surface area contributed by atoms with Crippen LogP contribution in [0.3, 0.4) is 0 Å². The lowest BCUT2D eigenvalue weighted by molar-refractivity contribution is 0.0600. The van der Waals surface area contributed by atoms with E-state index in [1.165, 1.54) is 20.0 Å². The van der Waals surface area contributed by atoms with E-state index >= 15 is 0 Å². The Bertz CT molecular complexity index is 781. The number of carbonyl (C=O) groups excluding carboxylic acids is 2. The first-order valence-corrected chi connectivity index (χ1v) is 8.77. The van der Waals surface area contributed by atoms with Crippen LogP contribution in [-0.2, 0) is 4.74 Å². The smallest absolute Gasteiger partial charge is 0.337 e. The number of aromatic nitrogens is 1. The zero-order chi connectivity index (χ0) is 18.5. The number of methoxy groups -OCH3 is 1. The highest BCUT2D eigenvalue weighted by Crippen LogP contribution is 2.22. The highest BCUT2D eigenvalue weighted by molar-refractivity contribution is 6.03. The van der Waals surface area contributed by atoms with Gasteiger partial charge in [-0.1, -0.05) is 13.0 Å². The lowest BCUT2D eigenvalue weighted by atomic mass is 9.99. The molecule has 136 valence electrons. The molecular formula is C20H23N3O3. The van der Waals surface area contributed by atoms with Crippen molar-refractivity contribution in [2.75, 3.05) is 30.4 Å². The number of amides is 1. The number of esters is 1. The third-order valence-electron chi connectivity index (χ3n) is 4.67. The summed E-state index contributed by atoms with van der Waals surface area (Å²) in [5, 5.41) is 2.76. The molecule has 0 unspecified atom stereocenters. The molecule has 1 aliphatic rings. The summed E-state index contributed by atoms with van der Waals surface area (Å²) < 4.78 is 4.69. The molecule has 0 spiro atoms. The van der Waals surface area contributed by atoms with Gasteiger partial charge in [-0.05, 0) is 49.1 Å². The van der Waals surface area contributed by atoms with Gasteiger partial charge in [0, 0.05) is 18.8 Å². The molecule has 0 radical (unpaired) electrons. The Balaban J connectivity index is 1.66. The molecule has 1 fully saturated rings. The molecule has 0 bridgehead atoms. The van der Waals surface area contributed by atoms with Crippen LogP contribution in [0.15, 0.2) is 42.6 Å². The SMILES string of the molecule is COC(=O)c1cccc(NC(=O)c2ccc(N3CCC(C)CC3)cn2)c1. The Hall–Kier alpha value is -2.89. The van der Waals surface area contributed by atoms with Gasteiger partial charge < -0.3 is 15.0 Å². The van der Waals surface area contributed by atoms with E-state index in [-0.39, 0.29) is 5.91 Å². The fourth-order valence-corrected chi connectivity index (χ4v) is 3.01. The predicted octanol–water partition coefficient (Wildman–Crippen LogP) is 3.36. The van der Waals surface area contributed by atoms with Gasteiger partial charge in [0.05, 0.1) is 24.6 Å². The Morgan fingerprint density at radius 1 is 1.19 bits per heavy atom. The van der Waals surface area contributed by atoms with Gasteiger partial charge in [-0.15, -0.1) is 0 Å². The molecule has 1 amide bonds. The Morgan fingerprint density at radius 2 is 1.96 bits per heavy atom. The molecule has 1 aromatic carbocycles. The van der Waals surface area contributed by atoms with Gasteiger partial charge >= 0.3 is 5.97 Å². The van der Waals surface area contributed by atoms with Crippen molar-refractivity contribution in [1.29, 1.82) is 0 Å². The standard InChI is InChI=1S/C20H23N3O3/c1-14-8-10-23(11-9-14)17-6-7-18(21-13-17)19(24)22-16-5-3-4-15(12-16)20(25)26-2/h3-7,12-14H,8-11H2,1-2H3,(H,22,24). The molecule has 1 N–H and O–H groups in total. The quantitative estimate of drug-likeness (QED) is 0.854. The minimum absolute atomic E-state index is 0.314. The molecule has 2 aromatic rings. The lowest BCUT2D eigenvalue weighted by Gasteiger charge is -2.31. The summed E-state index contributed by atoms with van der Waals surface area (Å²) in [4.78, 5) is 30.6. The van der Waals surface area contributed by atoms with E-state index < -0.39 is 5.97 Å². The number of pyridine rings is 1. The molecule has 3 rings (SSSR count). The number of benzene rings is 1. The lowest BCUT2D eigenvalue weighted by Crippen LogP contribution is -2.32. The zero-order valence-electron chi connectivity index (χ0n) is 15.1. The van der Waals surface area contributed by atoms with E-state index in [1.54, 1.807) is 36.5 Å². The van der Waals surface area contributed by atoms with Crippen LogP contribution in [-0.4, -0.2) is 37.1 Å². The van der Waals surface area contributed by atoms with Crippen molar-refractivity contribution in [3.8, 4) is 0 Å². The van der Waals surface area contributed by atoms with Crippen LogP contribution in [0.25, 0.3) is 0 Å². The molecule has 1 aliphatic heterocycles. The number of anilines is 2. The van der Waals surface area contributed by atoms with Crippen LogP contribution in [0.2, 0.25) is 0 Å². The fourth-order valence-electron chi connectivity index (χ4n) is 3.01. The van der Waals surface area contributed by atoms with Gasteiger partial charge in [-0.3, -0.25) is 4.79 Å². The second kappa shape index (κ2) is 7.99. The molecular weight excluding hydrogens is 330 g/mol. The first kappa shape index (κ1) is 17.9. The van der Waals surface area contributed by atoms with Crippen LogP contribution in [0, 0.1) is 5.92 Å². The highest BCUT2D eigenvalue weighted by atomic mass is 16.5. The van der Waals surface area contributed by atoms with Gasteiger partial charge in [-0.2, -0.15) is 0 Å². The number of ether oxygens (including phenoxy) is 1. The number of hydrogen-bond acceptors (Lipinski definition) is 5. The molecule has 0 saturated carbocycles. The van der Waals surface area contributed by atoms with Crippen molar-refractivity contribution in [3.05, 3.63) is 53.9 Å². The first-order chi connectivity index (χ1) is 12.6. The summed E-state index contributed by atoms with van der Waals surface area (Å²) in [5.74, 6) is 0.00951. The second-order valence-corrected chi connectivity index (χ2v) is 6.60. The monoisotopic (exact) mass is 353 g/mol. The van der Waals surface area contributed by atoms with Crippen LogP contribution < -0.4 is 10.2 Å². The van der Waals surface area contributed by atoms with Crippen molar-refractivity contribution in [1.82, 2.24) is 4.98 Å². The molecule has 0 aliphatic carbocycles. The summed E-state index contributed by atoms with van der Waals surface area (Å²) in [5.41, 5.74) is 2.28.